The standard InChI is InChI=1S/C10H16O2/c1-2-8-5-6-9-4-3-7-10(8,11)12-9/h2,8-9,11H,1,3-7H2. The van der Waals surface area contributed by atoms with Crippen molar-refractivity contribution in [2.75, 3.05) is 0 Å². The van der Waals surface area contributed by atoms with E-state index in [1.807, 2.05) is 6.08 Å². The van der Waals surface area contributed by atoms with Crippen LogP contribution in [-0.2, 0) is 4.74 Å². The largest absolute Gasteiger partial charge is 0.365 e. The van der Waals surface area contributed by atoms with Crippen LogP contribution in [-0.4, -0.2) is 17.0 Å². The number of hydrogen-bond donors (Lipinski definition) is 1. The lowest BCUT2D eigenvalue weighted by molar-refractivity contribution is -0.294. The molecular weight excluding hydrogens is 152 g/mol. The second-order valence-corrected chi connectivity index (χ2v) is 3.90. The molecule has 2 heterocycles. The lowest BCUT2D eigenvalue weighted by Crippen LogP contribution is -2.49. The minimum absolute atomic E-state index is 0.147. The molecule has 2 aliphatic heterocycles. The molecule has 0 saturated carbocycles. The van der Waals surface area contributed by atoms with Crippen LogP contribution in [0.1, 0.15) is 32.1 Å². The molecule has 0 aromatic rings. The Kier molecular flexibility index (Phi) is 1.97. The van der Waals surface area contributed by atoms with Gasteiger partial charge in [-0.15, -0.1) is 6.58 Å². The molecule has 3 atom stereocenters. The van der Waals surface area contributed by atoms with Gasteiger partial charge in [-0.3, -0.25) is 0 Å². The summed E-state index contributed by atoms with van der Waals surface area (Å²) in [6.07, 6.45) is 7.24. The molecule has 2 heteroatoms. The van der Waals surface area contributed by atoms with E-state index in [2.05, 4.69) is 6.58 Å². The summed E-state index contributed by atoms with van der Waals surface area (Å²) in [4.78, 5) is 0. The lowest BCUT2D eigenvalue weighted by atomic mass is 9.81. The number of hydrogen-bond acceptors (Lipinski definition) is 2. The van der Waals surface area contributed by atoms with Gasteiger partial charge in [-0.2, -0.15) is 0 Å². The molecular formula is C10H16O2. The zero-order valence-corrected chi connectivity index (χ0v) is 7.33. The smallest absolute Gasteiger partial charge is 0.172 e. The van der Waals surface area contributed by atoms with Gasteiger partial charge in [-0.25, -0.2) is 0 Å². The summed E-state index contributed by atoms with van der Waals surface area (Å²) in [5.74, 6) is -0.725. The van der Waals surface area contributed by atoms with Crippen molar-refractivity contribution in [2.24, 2.45) is 5.92 Å². The maximum Gasteiger partial charge on any atom is 0.172 e. The van der Waals surface area contributed by atoms with Gasteiger partial charge < -0.3 is 9.84 Å². The third-order valence-electron chi connectivity index (χ3n) is 3.10. The van der Waals surface area contributed by atoms with Gasteiger partial charge in [0, 0.05) is 12.3 Å². The third-order valence-corrected chi connectivity index (χ3v) is 3.10. The summed E-state index contributed by atoms with van der Waals surface area (Å²) in [5, 5.41) is 10.1. The van der Waals surface area contributed by atoms with Crippen molar-refractivity contribution in [3.63, 3.8) is 0 Å². The van der Waals surface area contributed by atoms with Gasteiger partial charge in [-0.05, 0) is 25.7 Å². The second kappa shape index (κ2) is 2.86. The molecule has 0 spiro atoms. The third kappa shape index (κ3) is 1.19. The predicted octanol–water partition coefficient (Wildman–Crippen LogP) is 1.84. The summed E-state index contributed by atoms with van der Waals surface area (Å²) in [7, 11) is 0. The zero-order valence-electron chi connectivity index (χ0n) is 7.33. The highest BCUT2D eigenvalue weighted by Gasteiger charge is 2.44. The molecule has 2 nitrogen and oxygen atoms in total. The summed E-state index contributed by atoms with van der Waals surface area (Å²) in [6.45, 7) is 3.74. The first kappa shape index (κ1) is 8.27. The van der Waals surface area contributed by atoms with Crippen molar-refractivity contribution in [1.82, 2.24) is 0 Å². The highest BCUT2D eigenvalue weighted by atomic mass is 16.6. The van der Waals surface area contributed by atoms with Gasteiger partial charge in [-0.1, -0.05) is 6.08 Å². The van der Waals surface area contributed by atoms with E-state index in [-0.39, 0.29) is 5.92 Å². The Morgan fingerprint density at radius 1 is 1.42 bits per heavy atom. The van der Waals surface area contributed by atoms with E-state index >= 15 is 0 Å². The lowest BCUT2D eigenvalue weighted by Gasteiger charge is -2.45. The molecule has 68 valence electrons. The Labute approximate surface area is 73.2 Å². The van der Waals surface area contributed by atoms with E-state index in [1.54, 1.807) is 0 Å². The topological polar surface area (TPSA) is 29.5 Å². The molecule has 2 aliphatic rings. The monoisotopic (exact) mass is 168 g/mol. The normalized spacial score (nSPS) is 47.1. The van der Waals surface area contributed by atoms with E-state index in [4.69, 9.17) is 4.74 Å². The number of ether oxygens (including phenoxy) is 1. The highest BCUT2D eigenvalue weighted by molar-refractivity contribution is 4.96. The maximum atomic E-state index is 10.1. The average molecular weight is 168 g/mol. The Balaban J connectivity index is 2.15. The first-order valence-electron chi connectivity index (χ1n) is 4.77. The van der Waals surface area contributed by atoms with Crippen LogP contribution in [0.3, 0.4) is 0 Å². The average Bonchev–Trinajstić information content (AvgIpc) is 2.04. The van der Waals surface area contributed by atoms with Crippen LogP contribution >= 0.6 is 0 Å². The molecule has 2 saturated heterocycles. The fraction of sp³-hybridized carbons (Fsp3) is 0.800. The zero-order chi connectivity index (χ0) is 8.60. The minimum Gasteiger partial charge on any atom is -0.365 e. The van der Waals surface area contributed by atoms with E-state index in [1.165, 1.54) is 0 Å². The van der Waals surface area contributed by atoms with Crippen molar-refractivity contribution in [1.29, 1.82) is 0 Å². The Morgan fingerprint density at radius 2 is 2.25 bits per heavy atom. The highest BCUT2D eigenvalue weighted by Crippen LogP contribution is 2.41. The fourth-order valence-corrected chi connectivity index (χ4v) is 2.36. The van der Waals surface area contributed by atoms with Gasteiger partial charge in [0.25, 0.3) is 0 Å². The van der Waals surface area contributed by atoms with Gasteiger partial charge in [0.15, 0.2) is 5.79 Å². The van der Waals surface area contributed by atoms with E-state index in [0.29, 0.717) is 6.10 Å². The van der Waals surface area contributed by atoms with Crippen molar-refractivity contribution in [2.45, 2.75) is 44.0 Å². The quantitative estimate of drug-likeness (QED) is 0.605. The molecule has 1 N–H and O–H groups in total. The van der Waals surface area contributed by atoms with Crippen LogP contribution < -0.4 is 0 Å². The number of fused-ring (bicyclic) bond motifs is 2. The molecule has 0 aromatic carbocycles. The van der Waals surface area contributed by atoms with E-state index in [0.717, 1.165) is 32.1 Å². The van der Waals surface area contributed by atoms with E-state index in [9.17, 15) is 5.11 Å². The van der Waals surface area contributed by atoms with Crippen molar-refractivity contribution >= 4 is 0 Å². The number of rotatable bonds is 1. The summed E-state index contributed by atoms with van der Waals surface area (Å²) in [5.41, 5.74) is 0. The molecule has 12 heavy (non-hydrogen) atoms. The predicted molar refractivity (Wildman–Crippen MR) is 46.6 cm³/mol. The second-order valence-electron chi connectivity index (χ2n) is 3.90. The fourth-order valence-electron chi connectivity index (χ4n) is 2.36. The van der Waals surface area contributed by atoms with Crippen molar-refractivity contribution < 1.29 is 9.84 Å². The van der Waals surface area contributed by atoms with Crippen LogP contribution in [0.2, 0.25) is 0 Å². The maximum absolute atomic E-state index is 10.1. The minimum atomic E-state index is -0.872. The van der Waals surface area contributed by atoms with Crippen LogP contribution in [0.5, 0.6) is 0 Å². The summed E-state index contributed by atoms with van der Waals surface area (Å²) < 4.78 is 5.60. The molecule has 0 aliphatic carbocycles. The molecule has 0 radical (unpaired) electrons. The molecule has 2 rings (SSSR count). The van der Waals surface area contributed by atoms with Gasteiger partial charge in [0.05, 0.1) is 6.10 Å². The first-order valence-corrected chi connectivity index (χ1v) is 4.77. The van der Waals surface area contributed by atoms with Gasteiger partial charge >= 0.3 is 0 Å². The van der Waals surface area contributed by atoms with Crippen molar-refractivity contribution in [3.8, 4) is 0 Å². The van der Waals surface area contributed by atoms with Crippen LogP contribution in [0.15, 0.2) is 12.7 Å². The Morgan fingerprint density at radius 3 is 3.00 bits per heavy atom. The molecule has 0 amide bonds. The van der Waals surface area contributed by atoms with Crippen LogP contribution in [0, 0.1) is 5.92 Å². The first-order chi connectivity index (χ1) is 5.74. The van der Waals surface area contributed by atoms with E-state index < -0.39 is 5.79 Å². The molecule has 0 aromatic heterocycles. The van der Waals surface area contributed by atoms with Crippen molar-refractivity contribution in [3.05, 3.63) is 12.7 Å². The molecule has 2 fully saturated rings. The van der Waals surface area contributed by atoms with Gasteiger partial charge in [0.2, 0.25) is 0 Å². The summed E-state index contributed by atoms with van der Waals surface area (Å²) >= 11 is 0. The summed E-state index contributed by atoms with van der Waals surface area (Å²) in [6, 6.07) is 0. The van der Waals surface area contributed by atoms with Crippen LogP contribution in [0.4, 0.5) is 0 Å². The SMILES string of the molecule is C=CC1CCC2CCCC1(O)O2. The Hall–Kier alpha value is -0.340. The molecule has 3 unspecified atom stereocenters. The van der Waals surface area contributed by atoms with Gasteiger partial charge in [0.1, 0.15) is 0 Å². The van der Waals surface area contributed by atoms with Crippen LogP contribution in [0.25, 0.3) is 0 Å². The number of aliphatic hydroxyl groups is 1. The molecule has 2 bridgehead atoms. The Bertz CT molecular complexity index is 190.